The summed E-state index contributed by atoms with van der Waals surface area (Å²) in [5, 5.41) is 9.74. The van der Waals surface area contributed by atoms with Crippen molar-refractivity contribution in [3.05, 3.63) is 194 Å². The summed E-state index contributed by atoms with van der Waals surface area (Å²) in [4.78, 5) is 15.6. The molecule has 0 amide bonds. The lowest BCUT2D eigenvalue weighted by Gasteiger charge is -2.11. The normalized spacial score (nSPS) is 11.8. The number of rotatable bonds is 5. The standard InChI is InChI=1S/C53H32N4S/c1-2-12-33(13-3-1)36-18-10-19-39(28-36)51-54-52(40-25-24-34-14-4-5-15-35(34)29-40)56-53(55-51)45-22-11-21-44-43-27-26-41(32-49(43)58-50(44)45)57-47-23-9-8-20-42(47)46-30-37-16-6-7-17-38(37)31-48(46)57/h1-32H. The molecule has 4 nitrogen and oxygen atoms in total. The van der Waals surface area contributed by atoms with Crippen LogP contribution in [-0.4, -0.2) is 19.5 Å². The Bertz CT molecular complexity index is 3580. The van der Waals surface area contributed by atoms with E-state index in [2.05, 4.69) is 193 Å². The molecule has 3 aromatic heterocycles. The molecule has 0 unspecified atom stereocenters. The van der Waals surface area contributed by atoms with Gasteiger partial charge in [-0.2, -0.15) is 0 Å². The zero-order chi connectivity index (χ0) is 38.2. The first-order valence-electron chi connectivity index (χ1n) is 19.5. The third-order valence-corrected chi connectivity index (χ3v) is 12.6. The highest BCUT2D eigenvalue weighted by Gasteiger charge is 2.19. The fraction of sp³-hybridized carbons (Fsp3) is 0. The van der Waals surface area contributed by atoms with E-state index >= 15 is 0 Å². The summed E-state index contributed by atoms with van der Waals surface area (Å²) in [5.41, 5.74) is 8.70. The lowest BCUT2D eigenvalue weighted by molar-refractivity contribution is 1.08. The van der Waals surface area contributed by atoms with E-state index in [1.165, 1.54) is 53.4 Å². The zero-order valence-corrected chi connectivity index (χ0v) is 32.0. The quantitative estimate of drug-likeness (QED) is 0.176. The van der Waals surface area contributed by atoms with Crippen molar-refractivity contribution < 1.29 is 0 Å². The molecule has 0 atom stereocenters. The second-order valence-corrected chi connectivity index (χ2v) is 15.9. The summed E-state index contributed by atoms with van der Waals surface area (Å²) < 4.78 is 4.79. The zero-order valence-electron chi connectivity index (χ0n) is 31.2. The molecule has 0 radical (unpaired) electrons. The van der Waals surface area contributed by atoms with Gasteiger partial charge in [0.25, 0.3) is 0 Å². The average Bonchev–Trinajstić information content (AvgIpc) is 3.83. The Hall–Kier alpha value is -7.47. The van der Waals surface area contributed by atoms with Gasteiger partial charge < -0.3 is 4.57 Å². The SMILES string of the molecule is c1ccc(-c2cccc(-c3nc(-c4ccc5ccccc5c4)nc(-c4cccc5c4sc4cc(-n6c7ccccc7c7cc8ccccc8cc76)ccc45)n3)c2)cc1. The highest BCUT2D eigenvalue weighted by molar-refractivity contribution is 7.26. The average molecular weight is 757 g/mol. The van der Waals surface area contributed by atoms with Crippen molar-refractivity contribution in [2.24, 2.45) is 0 Å². The Morgan fingerprint density at radius 1 is 0.345 bits per heavy atom. The van der Waals surface area contributed by atoms with E-state index in [4.69, 9.17) is 15.0 Å². The predicted molar refractivity (Wildman–Crippen MR) is 244 cm³/mol. The minimum Gasteiger partial charge on any atom is -0.309 e. The van der Waals surface area contributed by atoms with Gasteiger partial charge in [0.15, 0.2) is 17.5 Å². The third kappa shape index (κ3) is 5.32. The number of fused-ring (bicyclic) bond motifs is 8. The maximum atomic E-state index is 5.25. The van der Waals surface area contributed by atoms with Crippen molar-refractivity contribution in [1.29, 1.82) is 0 Å². The number of aromatic nitrogens is 4. The summed E-state index contributed by atoms with van der Waals surface area (Å²) in [6.07, 6.45) is 0. The third-order valence-electron chi connectivity index (χ3n) is 11.4. The summed E-state index contributed by atoms with van der Waals surface area (Å²) in [6.45, 7) is 0. The molecule has 0 saturated carbocycles. The highest BCUT2D eigenvalue weighted by atomic mass is 32.1. The second-order valence-electron chi connectivity index (χ2n) is 14.8. The van der Waals surface area contributed by atoms with E-state index in [-0.39, 0.29) is 0 Å². The summed E-state index contributed by atoms with van der Waals surface area (Å²) >= 11 is 1.80. The molecule has 270 valence electrons. The van der Waals surface area contributed by atoms with Gasteiger partial charge in [-0.25, -0.2) is 15.0 Å². The number of benzene rings is 9. The topological polar surface area (TPSA) is 43.6 Å². The Labute approximate surface area is 338 Å². The van der Waals surface area contributed by atoms with Crippen LogP contribution in [0.4, 0.5) is 0 Å². The van der Waals surface area contributed by atoms with Crippen molar-refractivity contribution >= 4 is 74.9 Å². The highest BCUT2D eigenvalue weighted by Crippen LogP contribution is 2.42. The monoisotopic (exact) mass is 756 g/mol. The first kappa shape index (κ1) is 32.7. The second kappa shape index (κ2) is 13.1. The van der Waals surface area contributed by atoms with Crippen LogP contribution in [0.3, 0.4) is 0 Å². The number of hydrogen-bond donors (Lipinski definition) is 0. The van der Waals surface area contributed by atoms with Crippen LogP contribution < -0.4 is 0 Å². The largest absolute Gasteiger partial charge is 0.309 e. The van der Waals surface area contributed by atoms with Gasteiger partial charge in [-0.05, 0) is 81.2 Å². The molecule has 0 spiro atoms. The van der Waals surface area contributed by atoms with Gasteiger partial charge in [0.1, 0.15) is 0 Å². The molecule has 5 heteroatoms. The van der Waals surface area contributed by atoms with Crippen molar-refractivity contribution in [3.8, 4) is 51.0 Å². The van der Waals surface area contributed by atoms with Gasteiger partial charge in [-0.1, -0.05) is 146 Å². The Morgan fingerprint density at radius 2 is 0.983 bits per heavy atom. The molecule has 0 bridgehead atoms. The molecule has 0 aliphatic carbocycles. The van der Waals surface area contributed by atoms with E-state index in [0.29, 0.717) is 17.5 Å². The first-order chi connectivity index (χ1) is 28.7. The number of hydrogen-bond acceptors (Lipinski definition) is 4. The molecule has 0 aliphatic rings. The van der Waals surface area contributed by atoms with Crippen molar-refractivity contribution in [2.75, 3.05) is 0 Å². The van der Waals surface area contributed by atoms with Crippen LogP contribution in [0.1, 0.15) is 0 Å². The van der Waals surface area contributed by atoms with Gasteiger partial charge >= 0.3 is 0 Å². The molecule has 58 heavy (non-hydrogen) atoms. The summed E-state index contributed by atoms with van der Waals surface area (Å²) in [7, 11) is 0. The van der Waals surface area contributed by atoms with E-state index in [9.17, 15) is 0 Å². The number of para-hydroxylation sites is 1. The molecule has 3 heterocycles. The molecule has 12 aromatic rings. The van der Waals surface area contributed by atoms with Crippen LogP contribution in [-0.2, 0) is 0 Å². The number of thiophene rings is 1. The molecular formula is C53H32N4S. The molecule has 0 N–H and O–H groups in total. The van der Waals surface area contributed by atoms with Crippen LogP contribution in [0, 0.1) is 0 Å². The smallest absolute Gasteiger partial charge is 0.165 e. The maximum Gasteiger partial charge on any atom is 0.165 e. The summed E-state index contributed by atoms with van der Waals surface area (Å²) in [6, 6.07) is 69.2. The first-order valence-corrected chi connectivity index (χ1v) is 20.3. The maximum absolute atomic E-state index is 5.25. The Kier molecular flexibility index (Phi) is 7.37. The van der Waals surface area contributed by atoms with Gasteiger partial charge in [-0.3, -0.25) is 0 Å². The number of nitrogens with zero attached hydrogens (tertiary/aromatic N) is 4. The molecule has 0 saturated heterocycles. The molecule has 0 fully saturated rings. The lowest BCUT2D eigenvalue weighted by Crippen LogP contribution is -2.00. The van der Waals surface area contributed by atoms with Crippen LogP contribution in [0.5, 0.6) is 0 Å². The van der Waals surface area contributed by atoms with Crippen LogP contribution in [0.25, 0.3) is 115 Å². The van der Waals surface area contributed by atoms with Gasteiger partial charge in [0, 0.05) is 53.3 Å². The van der Waals surface area contributed by atoms with Crippen LogP contribution in [0.2, 0.25) is 0 Å². The van der Waals surface area contributed by atoms with Gasteiger partial charge in [-0.15, -0.1) is 11.3 Å². The van der Waals surface area contributed by atoms with E-state index in [1.807, 2.05) is 6.07 Å². The van der Waals surface area contributed by atoms with Crippen molar-refractivity contribution in [3.63, 3.8) is 0 Å². The molecule has 12 rings (SSSR count). The van der Waals surface area contributed by atoms with Gasteiger partial charge in [0.2, 0.25) is 0 Å². The fourth-order valence-electron chi connectivity index (χ4n) is 8.59. The predicted octanol–water partition coefficient (Wildman–Crippen LogP) is 14.3. The molecular weight excluding hydrogens is 725 g/mol. The minimum absolute atomic E-state index is 0.644. The van der Waals surface area contributed by atoms with Crippen molar-refractivity contribution in [2.45, 2.75) is 0 Å². The van der Waals surface area contributed by atoms with E-state index < -0.39 is 0 Å². The van der Waals surface area contributed by atoms with Crippen LogP contribution >= 0.6 is 11.3 Å². The minimum atomic E-state index is 0.644. The Morgan fingerprint density at radius 3 is 1.83 bits per heavy atom. The lowest BCUT2D eigenvalue weighted by atomic mass is 10.0. The molecule has 9 aromatic carbocycles. The Balaban J connectivity index is 1.05. The van der Waals surface area contributed by atoms with Crippen LogP contribution in [0.15, 0.2) is 194 Å². The van der Waals surface area contributed by atoms with E-state index in [1.54, 1.807) is 11.3 Å². The van der Waals surface area contributed by atoms with E-state index in [0.717, 1.165) is 43.6 Å². The van der Waals surface area contributed by atoms with Crippen molar-refractivity contribution in [1.82, 2.24) is 19.5 Å². The molecule has 0 aliphatic heterocycles. The fourth-order valence-corrected chi connectivity index (χ4v) is 9.83. The summed E-state index contributed by atoms with van der Waals surface area (Å²) in [5.74, 6) is 1.95. The van der Waals surface area contributed by atoms with Gasteiger partial charge in [0.05, 0.1) is 11.0 Å².